The van der Waals surface area contributed by atoms with Crippen LogP contribution in [0.15, 0.2) is 6.33 Å². The summed E-state index contributed by atoms with van der Waals surface area (Å²) < 4.78 is 28.5. The van der Waals surface area contributed by atoms with Crippen LogP contribution in [-0.2, 0) is 31.6 Å². The Morgan fingerprint density at radius 2 is 2.00 bits per heavy atom. The second-order valence-electron chi connectivity index (χ2n) is 6.80. The van der Waals surface area contributed by atoms with Crippen LogP contribution < -0.4 is 0 Å². The van der Waals surface area contributed by atoms with Gasteiger partial charge in [-0.25, -0.2) is 18.4 Å². The molecule has 0 radical (unpaired) electrons. The molecule has 0 bridgehead atoms. The van der Waals surface area contributed by atoms with Crippen molar-refractivity contribution in [1.82, 2.24) is 34.4 Å². The minimum atomic E-state index is -2.44. The van der Waals surface area contributed by atoms with Crippen molar-refractivity contribution >= 4 is 0 Å². The van der Waals surface area contributed by atoms with E-state index in [9.17, 15) is 8.78 Å². The molecule has 2 aromatic rings. The number of alkyl halides is 2. The molecule has 0 spiro atoms. The zero-order chi connectivity index (χ0) is 16.6. The number of aromatic nitrogens is 6. The molecule has 7 nitrogen and oxygen atoms in total. The predicted molar refractivity (Wildman–Crippen MR) is 78.9 cm³/mol. The van der Waals surface area contributed by atoms with E-state index in [4.69, 9.17) is 0 Å². The van der Waals surface area contributed by atoms with Gasteiger partial charge in [-0.1, -0.05) is 20.8 Å². The van der Waals surface area contributed by atoms with Crippen LogP contribution in [0.2, 0.25) is 0 Å². The molecule has 9 heteroatoms. The maximum atomic E-state index is 12.5. The maximum Gasteiger partial charge on any atom is 0.257 e. The number of rotatable bonds is 4. The minimum Gasteiger partial charge on any atom is -0.312 e. The van der Waals surface area contributed by atoms with E-state index in [1.807, 2.05) is 0 Å². The molecule has 3 heterocycles. The molecule has 1 aliphatic rings. The second kappa shape index (κ2) is 5.95. The fraction of sp³-hybridized carbons (Fsp3) is 0.714. The topological polar surface area (TPSA) is 64.7 Å². The van der Waals surface area contributed by atoms with Crippen molar-refractivity contribution in [2.24, 2.45) is 0 Å². The van der Waals surface area contributed by atoms with Crippen molar-refractivity contribution in [3.8, 4) is 0 Å². The van der Waals surface area contributed by atoms with E-state index < -0.39 is 13.0 Å². The third kappa shape index (κ3) is 3.39. The Morgan fingerprint density at radius 1 is 1.22 bits per heavy atom. The van der Waals surface area contributed by atoms with Gasteiger partial charge in [-0.2, -0.15) is 5.10 Å². The predicted octanol–water partition coefficient (Wildman–Crippen LogP) is 1.45. The molecule has 126 valence electrons. The van der Waals surface area contributed by atoms with Gasteiger partial charge in [0.2, 0.25) is 0 Å². The van der Waals surface area contributed by atoms with Crippen molar-refractivity contribution in [2.45, 2.75) is 58.8 Å². The first-order chi connectivity index (χ1) is 10.8. The molecule has 2 aromatic heterocycles. The second-order valence-corrected chi connectivity index (χ2v) is 6.80. The monoisotopic (exact) mass is 325 g/mol. The van der Waals surface area contributed by atoms with Gasteiger partial charge < -0.3 is 4.57 Å². The summed E-state index contributed by atoms with van der Waals surface area (Å²) in [6.07, 6.45) is -1.11. The zero-order valence-corrected chi connectivity index (χ0v) is 13.6. The highest BCUT2D eigenvalue weighted by molar-refractivity contribution is 5.08. The van der Waals surface area contributed by atoms with Gasteiger partial charge in [0.1, 0.15) is 30.3 Å². The lowest BCUT2D eigenvalue weighted by Gasteiger charge is -2.29. The van der Waals surface area contributed by atoms with Gasteiger partial charge in [0, 0.05) is 18.5 Å². The Morgan fingerprint density at radius 3 is 2.70 bits per heavy atom. The van der Waals surface area contributed by atoms with Crippen LogP contribution >= 0.6 is 0 Å². The van der Waals surface area contributed by atoms with Gasteiger partial charge in [-0.05, 0) is 0 Å². The Hall–Kier alpha value is -1.90. The molecule has 0 fully saturated rings. The van der Waals surface area contributed by atoms with Crippen LogP contribution in [0.5, 0.6) is 0 Å². The van der Waals surface area contributed by atoms with Crippen LogP contribution in [0.25, 0.3) is 0 Å². The first-order valence-electron chi connectivity index (χ1n) is 7.64. The van der Waals surface area contributed by atoms with Crippen LogP contribution in [0, 0.1) is 0 Å². The lowest BCUT2D eigenvalue weighted by atomic mass is 9.95. The largest absolute Gasteiger partial charge is 0.312 e. The molecule has 0 unspecified atom stereocenters. The SMILES string of the molecule is CC(C)(C)c1nnc2n1CCN(Cc1ncnn1CC(F)F)C2. The number of halogens is 2. The molecule has 0 saturated carbocycles. The minimum absolute atomic E-state index is 0.0507. The molecule has 23 heavy (non-hydrogen) atoms. The Balaban J connectivity index is 1.71. The van der Waals surface area contributed by atoms with Gasteiger partial charge in [0.25, 0.3) is 6.43 Å². The summed E-state index contributed by atoms with van der Waals surface area (Å²) in [7, 11) is 0. The van der Waals surface area contributed by atoms with Crippen molar-refractivity contribution in [3.05, 3.63) is 23.8 Å². The first-order valence-corrected chi connectivity index (χ1v) is 7.64. The highest BCUT2D eigenvalue weighted by Gasteiger charge is 2.28. The third-order valence-corrected chi connectivity index (χ3v) is 3.87. The average molecular weight is 325 g/mol. The Labute approximate surface area is 133 Å². The van der Waals surface area contributed by atoms with Gasteiger partial charge in [0.15, 0.2) is 0 Å². The number of fused-ring (bicyclic) bond motifs is 1. The summed E-state index contributed by atoms with van der Waals surface area (Å²) in [6.45, 7) is 8.62. The smallest absolute Gasteiger partial charge is 0.257 e. The summed E-state index contributed by atoms with van der Waals surface area (Å²) in [5.74, 6) is 2.43. The van der Waals surface area contributed by atoms with Gasteiger partial charge in [0.05, 0.1) is 13.1 Å². The summed E-state index contributed by atoms with van der Waals surface area (Å²) in [5.41, 5.74) is -0.0507. The standard InChI is InChI=1S/C14H21F2N7/c1-14(2,3)13-20-19-12-8-21(4-5-22(12)13)7-11-17-9-18-23(11)6-10(15)16/h9-10H,4-8H2,1-3H3. The van der Waals surface area contributed by atoms with E-state index in [0.29, 0.717) is 18.9 Å². The molecule has 0 N–H and O–H groups in total. The molecule has 3 rings (SSSR count). The van der Waals surface area contributed by atoms with Crippen molar-refractivity contribution in [1.29, 1.82) is 0 Å². The van der Waals surface area contributed by atoms with E-state index in [2.05, 4.69) is 50.5 Å². The number of nitrogens with zero attached hydrogens (tertiary/aromatic N) is 7. The van der Waals surface area contributed by atoms with Gasteiger partial charge in [-0.3, -0.25) is 4.90 Å². The highest BCUT2D eigenvalue weighted by atomic mass is 19.3. The van der Waals surface area contributed by atoms with Crippen molar-refractivity contribution in [3.63, 3.8) is 0 Å². The number of hydrogen-bond acceptors (Lipinski definition) is 5. The van der Waals surface area contributed by atoms with Crippen LogP contribution in [-0.4, -0.2) is 47.4 Å². The van der Waals surface area contributed by atoms with Gasteiger partial charge >= 0.3 is 0 Å². The Kier molecular flexibility index (Phi) is 4.13. The van der Waals surface area contributed by atoms with Crippen LogP contribution in [0.4, 0.5) is 8.78 Å². The average Bonchev–Trinajstić information content (AvgIpc) is 3.04. The van der Waals surface area contributed by atoms with Gasteiger partial charge in [-0.15, -0.1) is 10.2 Å². The normalized spacial score (nSPS) is 16.1. The Bertz CT molecular complexity index is 671. The first kappa shape index (κ1) is 16.0. The molecule has 0 atom stereocenters. The number of hydrogen-bond donors (Lipinski definition) is 0. The lowest BCUT2D eigenvalue weighted by molar-refractivity contribution is 0.117. The third-order valence-electron chi connectivity index (χ3n) is 3.87. The van der Waals surface area contributed by atoms with Crippen LogP contribution in [0.3, 0.4) is 0 Å². The van der Waals surface area contributed by atoms with E-state index in [0.717, 1.165) is 24.7 Å². The lowest BCUT2D eigenvalue weighted by Crippen LogP contribution is -2.36. The molecule has 0 amide bonds. The molecule has 0 aromatic carbocycles. The zero-order valence-electron chi connectivity index (χ0n) is 13.6. The van der Waals surface area contributed by atoms with E-state index in [1.165, 1.54) is 11.0 Å². The molecule has 0 aliphatic carbocycles. The van der Waals surface area contributed by atoms with Crippen molar-refractivity contribution < 1.29 is 8.78 Å². The molecule has 0 saturated heterocycles. The summed E-state index contributed by atoms with van der Waals surface area (Å²) in [4.78, 5) is 6.23. The molecular weight excluding hydrogens is 304 g/mol. The van der Waals surface area contributed by atoms with E-state index in [-0.39, 0.29) is 5.41 Å². The summed E-state index contributed by atoms with van der Waals surface area (Å²) in [6, 6.07) is 0. The van der Waals surface area contributed by atoms with E-state index in [1.54, 1.807) is 0 Å². The van der Waals surface area contributed by atoms with Crippen molar-refractivity contribution in [2.75, 3.05) is 6.54 Å². The fourth-order valence-electron chi connectivity index (χ4n) is 2.79. The quantitative estimate of drug-likeness (QED) is 0.851. The van der Waals surface area contributed by atoms with E-state index >= 15 is 0 Å². The molecular formula is C14H21F2N7. The summed E-state index contributed by atoms with van der Waals surface area (Å²) in [5, 5.41) is 12.5. The molecule has 1 aliphatic heterocycles. The maximum absolute atomic E-state index is 12.5. The fourth-order valence-corrected chi connectivity index (χ4v) is 2.79. The summed E-state index contributed by atoms with van der Waals surface area (Å²) >= 11 is 0. The highest BCUT2D eigenvalue weighted by Crippen LogP contribution is 2.24. The van der Waals surface area contributed by atoms with Crippen LogP contribution in [0.1, 0.15) is 38.2 Å².